The fourth-order valence-corrected chi connectivity index (χ4v) is 4.05. The normalized spacial score (nSPS) is 27.6. The zero-order chi connectivity index (χ0) is 18.6. The van der Waals surface area contributed by atoms with E-state index in [-0.39, 0.29) is 24.8 Å². The molecule has 3 saturated heterocycles. The Bertz CT molecular complexity index is 786. The van der Waals surface area contributed by atoms with Crippen LogP contribution < -0.4 is 5.32 Å². The molecule has 9 heteroatoms. The van der Waals surface area contributed by atoms with Gasteiger partial charge in [-0.05, 0) is 25.3 Å². The Morgan fingerprint density at radius 1 is 1.00 bits per heavy atom. The van der Waals surface area contributed by atoms with E-state index in [2.05, 4.69) is 5.32 Å². The predicted molar refractivity (Wildman–Crippen MR) is 82.4 cm³/mol. The number of hydrogen-bond acceptors (Lipinski definition) is 3. The van der Waals surface area contributed by atoms with Crippen molar-refractivity contribution in [3.05, 3.63) is 35.1 Å². The van der Waals surface area contributed by atoms with Crippen molar-refractivity contribution in [1.29, 1.82) is 0 Å². The average molecular weight is 367 g/mol. The Kier molecular flexibility index (Phi) is 3.89. The average Bonchev–Trinajstić information content (AvgIpc) is 3.23. The van der Waals surface area contributed by atoms with Gasteiger partial charge in [0.2, 0.25) is 11.8 Å². The first-order chi connectivity index (χ1) is 12.4. The number of halogens is 3. The molecule has 3 aliphatic rings. The van der Waals surface area contributed by atoms with Gasteiger partial charge >= 0.3 is 0 Å². The zero-order valence-corrected chi connectivity index (χ0v) is 13.7. The third kappa shape index (κ3) is 2.53. The minimum absolute atomic E-state index is 0.136. The van der Waals surface area contributed by atoms with Crippen LogP contribution in [0.3, 0.4) is 0 Å². The van der Waals surface area contributed by atoms with Gasteiger partial charge in [0.25, 0.3) is 5.91 Å². The molecular weight excluding hydrogens is 351 g/mol. The standard InChI is InChI=1S/C17H16F3N3O3/c18-10-6-12(20)11(19)5-9(10)15(24)21-8-4-14-17(26)22-3-1-2-13(22)16(25)23(14)7-8/h5-6,8,13-14H,1-4,7H2,(H,21,24)/t8-,13+,14-/m0/s1. The molecule has 0 aromatic heterocycles. The number of carbonyl (C=O) groups is 3. The molecule has 6 nitrogen and oxygen atoms in total. The molecule has 0 spiro atoms. The second-order valence-electron chi connectivity index (χ2n) is 6.85. The number of rotatable bonds is 2. The summed E-state index contributed by atoms with van der Waals surface area (Å²) in [6.07, 6.45) is 1.63. The first kappa shape index (κ1) is 16.9. The fraction of sp³-hybridized carbons (Fsp3) is 0.471. The van der Waals surface area contributed by atoms with Gasteiger partial charge in [0.15, 0.2) is 11.6 Å². The molecule has 3 fully saturated rings. The number of fused-ring (bicyclic) bond motifs is 2. The molecule has 3 aliphatic heterocycles. The molecule has 1 aromatic carbocycles. The van der Waals surface area contributed by atoms with Crippen molar-refractivity contribution in [2.75, 3.05) is 13.1 Å². The molecule has 0 radical (unpaired) electrons. The first-order valence-corrected chi connectivity index (χ1v) is 8.43. The van der Waals surface area contributed by atoms with E-state index in [1.807, 2.05) is 0 Å². The van der Waals surface area contributed by atoms with E-state index in [1.54, 1.807) is 4.90 Å². The van der Waals surface area contributed by atoms with Crippen molar-refractivity contribution in [3.63, 3.8) is 0 Å². The van der Waals surface area contributed by atoms with E-state index in [1.165, 1.54) is 4.90 Å². The van der Waals surface area contributed by atoms with E-state index >= 15 is 0 Å². The predicted octanol–water partition coefficient (Wildman–Crippen LogP) is 0.808. The van der Waals surface area contributed by atoms with Crippen LogP contribution in [0.2, 0.25) is 0 Å². The SMILES string of the molecule is O=C(N[C@H]1C[C@H]2C(=O)N3CCC[C@@H]3C(=O)N2C1)c1cc(F)c(F)cc1F. The Morgan fingerprint density at radius 3 is 2.46 bits per heavy atom. The lowest BCUT2D eigenvalue weighted by molar-refractivity contribution is -0.156. The molecule has 0 unspecified atom stereocenters. The highest BCUT2D eigenvalue weighted by Gasteiger charge is 2.51. The number of amides is 3. The summed E-state index contributed by atoms with van der Waals surface area (Å²) in [6, 6.07) is -0.833. The number of piperazine rings is 1. The van der Waals surface area contributed by atoms with Gasteiger partial charge in [-0.2, -0.15) is 0 Å². The third-order valence-electron chi connectivity index (χ3n) is 5.28. The molecule has 3 atom stereocenters. The lowest BCUT2D eigenvalue weighted by Crippen LogP contribution is -2.60. The summed E-state index contributed by atoms with van der Waals surface area (Å²) >= 11 is 0. The van der Waals surface area contributed by atoms with Gasteiger partial charge in [-0.3, -0.25) is 14.4 Å². The molecule has 4 rings (SSSR count). The Hall–Kier alpha value is -2.58. The summed E-state index contributed by atoms with van der Waals surface area (Å²) in [5.41, 5.74) is -0.618. The maximum Gasteiger partial charge on any atom is 0.254 e. The van der Waals surface area contributed by atoms with Gasteiger partial charge in [-0.25, -0.2) is 13.2 Å². The molecule has 0 aliphatic carbocycles. The lowest BCUT2D eigenvalue weighted by atomic mass is 10.1. The highest BCUT2D eigenvalue weighted by molar-refractivity contribution is 5.98. The maximum atomic E-state index is 13.7. The van der Waals surface area contributed by atoms with Crippen molar-refractivity contribution in [3.8, 4) is 0 Å². The number of benzene rings is 1. The summed E-state index contributed by atoms with van der Waals surface area (Å²) in [7, 11) is 0. The van der Waals surface area contributed by atoms with Crippen LogP contribution in [0.1, 0.15) is 29.6 Å². The number of carbonyl (C=O) groups excluding carboxylic acids is 3. The summed E-state index contributed by atoms with van der Waals surface area (Å²) in [5.74, 6) is -5.07. The van der Waals surface area contributed by atoms with Crippen LogP contribution in [0.5, 0.6) is 0 Å². The van der Waals surface area contributed by atoms with E-state index in [0.29, 0.717) is 25.1 Å². The molecular formula is C17H16F3N3O3. The molecule has 0 bridgehead atoms. The van der Waals surface area contributed by atoms with Gasteiger partial charge in [0.05, 0.1) is 5.56 Å². The minimum atomic E-state index is -1.38. The molecule has 3 amide bonds. The van der Waals surface area contributed by atoms with Crippen LogP contribution in [0.15, 0.2) is 12.1 Å². The quantitative estimate of drug-likeness (QED) is 0.787. The van der Waals surface area contributed by atoms with Crippen LogP contribution in [-0.2, 0) is 9.59 Å². The first-order valence-electron chi connectivity index (χ1n) is 8.43. The molecule has 1 aromatic rings. The lowest BCUT2D eigenvalue weighted by Gasteiger charge is -2.38. The van der Waals surface area contributed by atoms with Gasteiger partial charge in [0.1, 0.15) is 17.9 Å². The van der Waals surface area contributed by atoms with Crippen LogP contribution in [-0.4, -0.2) is 58.7 Å². The van der Waals surface area contributed by atoms with Crippen LogP contribution >= 0.6 is 0 Å². The smallest absolute Gasteiger partial charge is 0.254 e. The molecule has 26 heavy (non-hydrogen) atoms. The van der Waals surface area contributed by atoms with Crippen molar-refractivity contribution in [1.82, 2.24) is 15.1 Å². The number of nitrogens with one attached hydrogen (secondary N) is 1. The minimum Gasteiger partial charge on any atom is -0.347 e. The highest BCUT2D eigenvalue weighted by atomic mass is 19.2. The monoisotopic (exact) mass is 367 g/mol. The van der Waals surface area contributed by atoms with E-state index in [9.17, 15) is 27.6 Å². The van der Waals surface area contributed by atoms with Crippen molar-refractivity contribution in [2.24, 2.45) is 0 Å². The fourth-order valence-electron chi connectivity index (χ4n) is 4.05. The van der Waals surface area contributed by atoms with Crippen molar-refractivity contribution >= 4 is 17.7 Å². The Labute approximate surface area is 146 Å². The number of nitrogens with zero attached hydrogens (tertiary/aromatic N) is 2. The van der Waals surface area contributed by atoms with Crippen molar-refractivity contribution < 1.29 is 27.6 Å². The molecule has 138 valence electrons. The largest absolute Gasteiger partial charge is 0.347 e. The maximum absolute atomic E-state index is 13.7. The van der Waals surface area contributed by atoms with Crippen molar-refractivity contribution in [2.45, 2.75) is 37.4 Å². The van der Waals surface area contributed by atoms with E-state index in [0.717, 1.165) is 6.42 Å². The van der Waals surface area contributed by atoms with Crippen LogP contribution in [0.4, 0.5) is 13.2 Å². The molecule has 0 saturated carbocycles. The second kappa shape index (κ2) is 6.00. The van der Waals surface area contributed by atoms with E-state index in [4.69, 9.17) is 0 Å². The summed E-state index contributed by atoms with van der Waals surface area (Å²) in [4.78, 5) is 40.3. The second-order valence-corrected chi connectivity index (χ2v) is 6.85. The van der Waals surface area contributed by atoms with E-state index < -0.39 is 47.0 Å². The number of hydrogen-bond donors (Lipinski definition) is 1. The zero-order valence-electron chi connectivity index (χ0n) is 13.7. The van der Waals surface area contributed by atoms with Gasteiger partial charge in [-0.15, -0.1) is 0 Å². The van der Waals surface area contributed by atoms with Crippen LogP contribution in [0, 0.1) is 17.5 Å². The highest BCUT2D eigenvalue weighted by Crippen LogP contribution is 2.32. The summed E-state index contributed by atoms with van der Waals surface area (Å²) in [5, 5.41) is 2.51. The van der Waals surface area contributed by atoms with Gasteiger partial charge in [-0.1, -0.05) is 0 Å². The molecule has 3 heterocycles. The van der Waals surface area contributed by atoms with Crippen LogP contribution in [0.25, 0.3) is 0 Å². The molecule has 1 N–H and O–H groups in total. The Morgan fingerprint density at radius 2 is 1.69 bits per heavy atom. The topological polar surface area (TPSA) is 69.7 Å². The summed E-state index contributed by atoms with van der Waals surface area (Å²) < 4.78 is 40.0. The van der Waals surface area contributed by atoms with Gasteiger partial charge in [0, 0.05) is 25.2 Å². The Balaban J connectivity index is 1.50. The third-order valence-corrected chi connectivity index (χ3v) is 5.28. The van der Waals surface area contributed by atoms with Gasteiger partial charge < -0.3 is 15.1 Å². The summed E-state index contributed by atoms with van der Waals surface area (Å²) in [6.45, 7) is 0.688.